The van der Waals surface area contributed by atoms with Crippen molar-refractivity contribution >= 4 is 45.9 Å². The van der Waals surface area contributed by atoms with Crippen molar-refractivity contribution in [1.82, 2.24) is 9.97 Å². The topological polar surface area (TPSA) is 78.7 Å². The third kappa shape index (κ3) is 3.96. The molecule has 3 rings (SSSR count). The van der Waals surface area contributed by atoms with Gasteiger partial charge in [-0.05, 0) is 38.1 Å². The van der Waals surface area contributed by atoms with Crippen molar-refractivity contribution in [3.63, 3.8) is 0 Å². The van der Waals surface area contributed by atoms with Crippen LogP contribution in [0.1, 0.15) is 18.3 Å². The Morgan fingerprint density at radius 3 is 2.77 bits per heavy atom. The Hall–Kier alpha value is -2.62. The first-order chi connectivity index (χ1) is 12.5. The van der Waals surface area contributed by atoms with Crippen LogP contribution in [0.3, 0.4) is 0 Å². The van der Waals surface area contributed by atoms with Crippen molar-refractivity contribution in [1.29, 1.82) is 5.26 Å². The van der Waals surface area contributed by atoms with Crippen molar-refractivity contribution in [3.8, 4) is 6.07 Å². The molecule has 0 saturated carbocycles. The van der Waals surface area contributed by atoms with Crippen LogP contribution in [0.5, 0.6) is 0 Å². The molecule has 0 aliphatic carbocycles. The van der Waals surface area contributed by atoms with Crippen LogP contribution in [-0.4, -0.2) is 21.1 Å². The van der Waals surface area contributed by atoms with Crippen molar-refractivity contribution < 1.29 is 4.79 Å². The highest BCUT2D eigenvalue weighted by atomic mass is 35.5. The van der Waals surface area contributed by atoms with Crippen LogP contribution < -0.4 is 5.32 Å². The number of hydrogen-bond acceptors (Lipinski definition) is 5. The highest BCUT2D eigenvalue weighted by Gasteiger charge is 2.18. The van der Waals surface area contributed by atoms with Crippen molar-refractivity contribution in [2.24, 2.45) is 0 Å². The molecule has 0 fully saturated rings. The molecule has 1 amide bonds. The Kier molecular flexibility index (Phi) is 5.40. The number of aryl methyl sites for hydroxylation is 1. The Balaban J connectivity index is 1.78. The molecule has 130 valence electrons. The van der Waals surface area contributed by atoms with Crippen molar-refractivity contribution in [2.45, 2.75) is 24.1 Å². The summed E-state index contributed by atoms with van der Waals surface area (Å²) >= 11 is 7.39. The van der Waals surface area contributed by atoms with Gasteiger partial charge in [0.25, 0.3) is 0 Å². The average Bonchev–Trinajstić information content (AvgIpc) is 2.61. The van der Waals surface area contributed by atoms with Gasteiger partial charge in [0.2, 0.25) is 5.91 Å². The van der Waals surface area contributed by atoms with Crippen molar-refractivity contribution in [2.75, 3.05) is 5.32 Å². The second-order valence-electron chi connectivity index (χ2n) is 5.65. The molecule has 0 bridgehead atoms. The van der Waals surface area contributed by atoms with Gasteiger partial charge in [0, 0.05) is 11.1 Å². The lowest BCUT2D eigenvalue weighted by molar-refractivity contribution is -0.115. The molecule has 26 heavy (non-hydrogen) atoms. The fourth-order valence-corrected chi connectivity index (χ4v) is 3.60. The van der Waals surface area contributed by atoms with E-state index in [-0.39, 0.29) is 11.2 Å². The highest BCUT2D eigenvalue weighted by molar-refractivity contribution is 8.00. The number of carbonyl (C=O) groups excluding carboxylic acids is 1. The summed E-state index contributed by atoms with van der Waals surface area (Å²) in [7, 11) is 0. The lowest BCUT2D eigenvalue weighted by Gasteiger charge is -2.13. The number of hydrogen-bond donors (Lipinski definition) is 1. The summed E-state index contributed by atoms with van der Waals surface area (Å²) in [5.74, 6) is 0.494. The van der Waals surface area contributed by atoms with Gasteiger partial charge in [-0.2, -0.15) is 5.26 Å². The summed E-state index contributed by atoms with van der Waals surface area (Å²) in [6.45, 7) is 3.65. The second kappa shape index (κ2) is 7.73. The first-order valence-corrected chi connectivity index (χ1v) is 9.14. The van der Waals surface area contributed by atoms with Gasteiger partial charge in [-0.3, -0.25) is 4.79 Å². The number of fused-ring (bicyclic) bond motifs is 1. The second-order valence-corrected chi connectivity index (χ2v) is 7.39. The van der Waals surface area contributed by atoms with E-state index in [2.05, 4.69) is 15.3 Å². The number of benzene rings is 2. The van der Waals surface area contributed by atoms with Crippen LogP contribution in [0.25, 0.3) is 10.9 Å². The average molecular weight is 383 g/mol. The van der Waals surface area contributed by atoms with E-state index in [9.17, 15) is 4.79 Å². The highest BCUT2D eigenvalue weighted by Crippen LogP contribution is 2.29. The number of amides is 1. The van der Waals surface area contributed by atoms with Crippen LogP contribution in [0.2, 0.25) is 5.02 Å². The summed E-state index contributed by atoms with van der Waals surface area (Å²) < 4.78 is 0. The van der Waals surface area contributed by atoms with Crippen molar-refractivity contribution in [3.05, 3.63) is 58.9 Å². The molecule has 0 aliphatic heterocycles. The maximum absolute atomic E-state index is 12.5. The van der Waals surface area contributed by atoms with Gasteiger partial charge in [0.15, 0.2) is 0 Å². The minimum absolute atomic E-state index is 0.170. The molecule has 2 aromatic carbocycles. The minimum atomic E-state index is -0.373. The third-order valence-electron chi connectivity index (χ3n) is 3.69. The van der Waals surface area contributed by atoms with E-state index in [4.69, 9.17) is 16.9 Å². The molecular weight excluding hydrogens is 368 g/mol. The van der Waals surface area contributed by atoms with Crippen LogP contribution in [0, 0.1) is 18.3 Å². The van der Waals surface area contributed by atoms with Gasteiger partial charge in [-0.1, -0.05) is 41.6 Å². The number of para-hydroxylation sites is 1. The van der Waals surface area contributed by atoms with E-state index in [0.29, 0.717) is 22.1 Å². The summed E-state index contributed by atoms with van der Waals surface area (Å²) in [6, 6.07) is 14.5. The number of aromatic nitrogens is 2. The van der Waals surface area contributed by atoms with Crippen LogP contribution in [-0.2, 0) is 4.79 Å². The lowest BCUT2D eigenvalue weighted by Crippen LogP contribution is -2.22. The number of carbonyl (C=O) groups is 1. The molecule has 7 heteroatoms. The summed E-state index contributed by atoms with van der Waals surface area (Å²) in [6.07, 6.45) is 0. The van der Waals surface area contributed by atoms with E-state index in [1.165, 1.54) is 11.8 Å². The Morgan fingerprint density at radius 2 is 2.04 bits per heavy atom. The predicted molar refractivity (Wildman–Crippen MR) is 104 cm³/mol. The smallest absolute Gasteiger partial charge is 0.237 e. The Morgan fingerprint density at radius 1 is 1.27 bits per heavy atom. The standard InChI is InChI=1S/C19H15ClN4OS/c1-11(18(25)24-14-8-7-13(10-21)16(20)9-14)26-19-15-5-3-4-6-17(15)22-12(2)23-19/h3-9,11H,1-2H3,(H,24,25)/t11-/m1/s1. The van der Waals surface area contributed by atoms with Gasteiger partial charge >= 0.3 is 0 Å². The maximum Gasteiger partial charge on any atom is 0.237 e. The van der Waals surface area contributed by atoms with Gasteiger partial charge in [0.1, 0.15) is 16.9 Å². The van der Waals surface area contributed by atoms with E-state index in [0.717, 1.165) is 15.9 Å². The molecule has 0 radical (unpaired) electrons. The fourth-order valence-electron chi connectivity index (χ4n) is 2.40. The minimum Gasteiger partial charge on any atom is -0.325 e. The zero-order valence-corrected chi connectivity index (χ0v) is 15.7. The SMILES string of the molecule is Cc1nc(S[C@H](C)C(=O)Nc2ccc(C#N)c(Cl)c2)c2ccccc2n1. The van der Waals surface area contributed by atoms with Crippen LogP contribution in [0.15, 0.2) is 47.5 Å². The molecule has 0 spiro atoms. The number of nitriles is 1. The van der Waals surface area contributed by atoms with Gasteiger partial charge in [-0.15, -0.1) is 0 Å². The van der Waals surface area contributed by atoms with E-state index < -0.39 is 0 Å². The normalized spacial score (nSPS) is 11.8. The number of thioether (sulfide) groups is 1. The molecule has 0 saturated heterocycles. The van der Waals surface area contributed by atoms with E-state index >= 15 is 0 Å². The first-order valence-electron chi connectivity index (χ1n) is 7.88. The lowest BCUT2D eigenvalue weighted by atomic mass is 10.2. The first kappa shape index (κ1) is 18.2. The molecule has 1 atom stereocenters. The third-order valence-corrected chi connectivity index (χ3v) is 5.11. The molecular formula is C19H15ClN4OS. The van der Waals surface area contributed by atoms with E-state index in [1.807, 2.05) is 44.2 Å². The zero-order valence-electron chi connectivity index (χ0n) is 14.2. The van der Waals surface area contributed by atoms with E-state index in [1.54, 1.807) is 18.2 Å². The largest absolute Gasteiger partial charge is 0.325 e. The number of halogens is 1. The quantitative estimate of drug-likeness (QED) is 0.527. The van der Waals surface area contributed by atoms with Gasteiger partial charge < -0.3 is 5.32 Å². The number of anilines is 1. The molecule has 1 aromatic heterocycles. The molecule has 0 unspecified atom stereocenters. The monoisotopic (exact) mass is 382 g/mol. The molecule has 1 N–H and O–H groups in total. The zero-order chi connectivity index (χ0) is 18.7. The van der Waals surface area contributed by atoms with Gasteiger partial charge in [-0.25, -0.2) is 9.97 Å². The number of nitrogens with one attached hydrogen (secondary N) is 1. The van der Waals surface area contributed by atoms with Crippen LogP contribution in [0.4, 0.5) is 5.69 Å². The summed E-state index contributed by atoms with van der Waals surface area (Å²) in [5, 5.41) is 13.4. The van der Waals surface area contributed by atoms with Gasteiger partial charge in [0.05, 0.1) is 21.4 Å². The number of rotatable bonds is 4. The molecule has 1 heterocycles. The molecule has 0 aliphatic rings. The van der Waals surface area contributed by atoms with Crippen LogP contribution >= 0.6 is 23.4 Å². The summed E-state index contributed by atoms with van der Waals surface area (Å²) in [4.78, 5) is 21.4. The molecule has 5 nitrogen and oxygen atoms in total. The number of nitrogens with zero attached hydrogens (tertiary/aromatic N) is 3. The Labute approximate surface area is 160 Å². The fraction of sp³-hybridized carbons (Fsp3) is 0.158. The molecule has 3 aromatic rings. The maximum atomic E-state index is 12.5. The summed E-state index contributed by atoms with van der Waals surface area (Å²) in [5.41, 5.74) is 1.78. The predicted octanol–water partition coefficient (Wildman–Crippen LogP) is 4.58. The Bertz CT molecular complexity index is 1030.